The van der Waals surface area contributed by atoms with E-state index in [1.54, 1.807) is 12.3 Å². The fourth-order valence-electron chi connectivity index (χ4n) is 2.79. The second-order valence-electron chi connectivity index (χ2n) is 6.09. The molecule has 1 amide bonds. The molecule has 0 unspecified atom stereocenters. The topological polar surface area (TPSA) is 48.5 Å². The van der Waals surface area contributed by atoms with Crippen LogP contribution in [0.1, 0.15) is 5.56 Å². The Bertz CT molecular complexity index is 700. The molecule has 3 rings (SSSR count). The zero-order valence-corrected chi connectivity index (χ0v) is 16.1. The van der Waals surface area contributed by atoms with Gasteiger partial charge in [0.2, 0.25) is 5.91 Å². The van der Waals surface area contributed by atoms with Gasteiger partial charge in [0.05, 0.1) is 6.54 Å². The van der Waals surface area contributed by atoms with Gasteiger partial charge in [0.25, 0.3) is 0 Å². The van der Waals surface area contributed by atoms with Crippen LogP contribution in [0.15, 0.2) is 47.1 Å². The van der Waals surface area contributed by atoms with Crippen LogP contribution in [0.3, 0.4) is 0 Å². The van der Waals surface area contributed by atoms with E-state index in [0.29, 0.717) is 12.4 Å². The Morgan fingerprint density at radius 3 is 2.40 bits per heavy atom. The minimum Gasteiger partial charge on any atom is -0.310 e. The van der Waals surface area contributed by atoms with Gasteiger partial charge in [0.15, 0.2) is 0 Å². The van der Waals surface area contributed by atoms with E-state index < -0.39 is 0 Å². The molecule has 1 aromatic heterocycles. The van der Waals surface area contributed by atoms with Crippen LogP contribution in [0.5, 0.6) is 0 Å². The smallest absolute Gasteiger partial charge is 0.239 e. The van der Waals surface area contributed by atoms with Crippen LogP contribution >= 0.6 is 27.5 Å². The largest absolute Gasteiger partial charge is 0.310 e. The van der Waals surface area contributed by atoms with Crippen molar-refractivity contribution in [2.24, 2.45) is 0 Å². The van der Waals surface area contributed by atoms with E-state index in [-0.39, 0.29) is 5.91 Å². The molecular weight excluding hydrogens is 404 g/mol. The molecule has 132 valence electrons. The molecule has 0 atom stereocenters. The highest BCUT2D eigenvalue weighted by Gasteiger charge is 2.19. The summed E-state index contributed by atoms with van der Waals surface area (Å²) in [6.45, 7) is 4.98. The number of rotatable bonds is 5. The number of halogens is 2. The molecule has 0 spiro atoms. The van der Waals surface area contributed by atoms with Gasteiger partial charge in [-0.1, -0.05) is 23.7 Å². The molecule has 0 saturated carbocycles. The van der Waals surface area contributed by atoms with Crippen LogP contribution < -0.4 is 5.32 Å². The molecular formula is C18H20BrClN4O. The van der Waals surface area contributed by atoms with Gasteiger partial charge >= 0.3 is 0 Å². The minimum atomic E-state index is -0.0269. The number of anilines is 1. The summed E-state index contributed by atoms with van der Waals surface area (Å²) < 4.78 is 0.891. The summed E-state index contributed by atoms with van der Waals surface area (Å²) in [6.07, 6.45) is 1.67. The van der Waals surface area contributed by atoms with Crippen molar-refractivity contribution < 1.29 is 4.79 Å². The van der Waals surface area contributed by atoms with Crippen molar-refractivity contribution in [1.29, 1.82) is 0 Å². The monoisotopic (exact) mass is 422 g/mol. The van der Waals surface area contributed by atoms with Crippen molar-refractivity contribution in [3.8, 4) is 0 Å². The maximum absolute atomic E-state index is 12.1. The Morgan fingerprint density at radius 1 is 1.08 bits per heavy atom. The summed E-state index contributed by atoms with van der Waals surface area (Å²) in [5, 5.41) is 3.60. The highest BCUT2D eigenvalue weighted by Crippen LogP contribution is 2.13. The van der Waals surface area contributed by atoms with E-state index in [2.05, 4.69) is 48.2 Å². The van der Waals surface area contributed by atoms with E-state index in [4.69, 9.17) is 11.6 Å². The van der Waals surface area contributed by atoms with Crippen molar-refractivity contribution >= 4 is 39.3 Å². The molecule has 1 aliphatic rings. The van der Waals surface area contributed by atoms with Gasteiger partial charge in [0, 0.05) is 48.4 Å². The van der Waals surface area contributed by atoms with E-state index in [1.165, 1.54) is 5.56 Å². The second kappa shape index (κ2) is 8.76. The van der Waals surface area contributed by atoms with Crippen LogP contribution in [0.25, 0.3) is 0 Å². The van der Waals surface area contributed by atoms with E-state index >= 15 is 0 Å². The SMILES string of the molecule is O=C(CN1CCN(Cc2ccc(Cl)cc2)CC1)Nc1ccc(Br)cn1. The Morgan fingerprint density at radius 2 is 1.76 bits per heavy atom. The first-order valence-corrected chi connectivity index (χ1v) is 9.36. The molecule has 0 bridgehead atoms. The molecule has 0 aliphatic carbocycles. The third kappa shape index (κ3) is 5.78. The van der Waals surface area contributed by atoms with Crippen LogP contribution in [0.4, 0.5) is 5.82 Å². The summed E-state index contributed by atoms with van der Waals surface area (Å²) >= 11 is 9.25. The van der Waals surface area contributed by atoms with Crippen molar-refractivity contribution in [3.05, 3.63) is 57.7 Å². The molecule has 7 heteroatoms. The third-order valence-electron chi connectivity index (χ3n) is 4.15. The van der Waals surface area contributed by atoms with Crippen molar-refractivity contribution in [3.63, 3.8) is 0 Å². The Labute approximate surface area is 161 Å². The standard InChI is InChI=1S/C18H20BrClN4O/c19-15-3-6-17(21-11-15)22-18(25)13-24-9-7-23(8-10-24)12-14-1-4-16(20)5-2-14/h1-6,11H,7-10,12-13H2,(H,21,22,25). The Kier molecular flexibility index (Phi) is 6.42. The fraction of sp³-hybridized carbons (Fsp3) is 0.333. The summed E-state index contributed by atoms with van der Waals surface area (Å²) in [7, 11) is 0. The summed E-state index contributed by atoms with van der Waals surface area (Å²) in [5.41, 5.74) is 1.26. The minimum absolute atomic E-state index is 0.0269. The molecule has 25 heavy (non-hydrogen) atoms. The lowest BCUT2D eigenvalue weighted by Gasteiger charge is -2.34. The van der Waals surface area contributed by atoms with Gasteiger partial charge in [0.1, 0.15) is 5.82 Å². The average molecular weight is 424 g/mol. The summed E-state index contributed by atoms with van der Waals surface area (Å²) in [6, 6.07) is 11.6. The molecule has 5 nitrogen and oxygen atoms in total. The highest BCUT2D eigenvalue weighted by atomic mass is 79.9. The maximum atomic E-state index is 12.1. The number of aromatic nitrogens is 1. The number of pyridine rings is 1. The van der Waals surface area contributed by atoms with Crippen LogP contribution in [-0.4, -0.2) is 53.4 Å². The quantitative estimate of drug-likeness (QED) is 0.802. The zero-order chi connectivity index (χ0) is 17.6. The van der Waals surface area contributed by atoms with Crippen LogP contribution in [-0.2, 0) is 11.3 Å². The van der Waals surface area contributed by atoms with Gasteiger partial charge in [-0.15, -0.1) is 0 Å². The lowest BCUT2D eigenvalue weighted by Crippen LogP contribution is -2.48. The lowest BCUT2D eigenvalue weighted by molar-refractivity contribution is -0.117. The molecule has 1 aliphatic heterocycles. The number of hydrogen-bond donors (Lipinski definition) is 1. The number of amides is 1. The maximum Gasteiger partial charge on any atom is 0.239 e. The van der Waals surface area contributed by atoms with Gasteiger partial charge < -0.3 is 5.32 Å². The summed E-state index contributed by atoms with van der Waals surface area (Å²) in [5.74, 6) is 0.551. The number of carbonyl (C=O) groups is 1. The number of nitrogens with one attached hydrogen (secondary N) is 1. The van der Waals surface area contributed by atoms with Gasteiger partial charge in [-0.25, -0.2) is 4.98 Å². The number of hydrogen-bond acceptors (Lipinski definition) is 4. The van der Waals surface area contributed by atoms with Gasteiger partial charge in [-0.3, -0.25) is 14.6 Å². The molecule has 1 saturated heterocycles. The number of benzene rings is 1. The number of piperazine rings is 1. The first kappa shape index (κ1) is 18.3. The van der Waals surface area contributed by atoms with E-state index in [0.717, 1.165) is 42.2 Å². The molecule has 2 heterocycles. The first-order chi connectivity index (χ1) is 12.1. The van der Waals surface area contributed by atoms with Crippen molar-refractivity contribution in [1.82, 2.24) is 14.8 Å². The fourth-order valence-corrected chi connectivity index (χ4v) is 3.15. The van der Waals surface area contributed by atoms with E-state index in [9.17, 15) is 4.79 Å². The second-order valence-corrected chi connectivity index (χ2v) is 7.44. The van der Waals surface area contributed by atoms with Crippen LogP contribution in [0.2, 0.25) is 5.02 Å². The predicted octanol–water partition coefficient (Wildman–Crippen LogP) is 3.25. The molecule has 1 N–H and O–H groups in total. The molecule has 2 aromatic rings. The predicted molar refractivity (Wildman–Crippen MR) is 104 cm³/mol. The lowest BCUT2D eigenvalue weighted by atomic mass is 10.2. The van der Waals surface area contributed by atoms with Crippen molar-refractivity contribution in [2.45, 2.75) is 6.54 Å². The van der Waals surface area contributed by atoms with Crippen molar-refractivity contribution in [2.75, 3.05) is 38.0 Å². The normalized spacial score (nSPS) is 15.9. The molecule has 0 radical (unpaired) electrons. The first-order valence-electron chi connectivity index (χ1n) is 8.19. The van der Waals surface area contributed by atoms with Gasteiger partial charge in [-0.05, 0) is 45.8 Å². The third-order valence-corrected chi connectivity index (χ3v) is 4.87. The molecule has 1 fully saturated rings. The Hall–Kier alpha value is -1.47. The van der Waals surface area contributed by atoms with E-state index in [1.807, 2.05) is 18.2 Å². The highest BCUT2D eigenvalue weighted by molar-refractivity contribution is 9.10. The number of carbonyl (C=O) groups excluding carboxylic acids is 1. The Balaban J connectivity index is 1.42. The number of nitrogens with zero attached hydrogens (tertiary/aromatic N) is 3. The van der Waals surface area contributed by atoms with Crippen LogP contribution in [0, 0.1) is 0 Å². The summed E-state index contributed by atoms with van der Waals surface area (Å²) in [4.78, 5) is 20.9. The zero-order valence-electron chi connectivity index (χ0n) is 13.8. The van der Waals surface area contributed by atoms with Gasteiger partial charge in [-0.2, -0.15) is 0 Å². The molecule has 1 aromatic carbocycles. The average Bonchev–Trinajstić information content (AvgIpc) is 2.61.